The number of methoxy groups -OCH3 is 1. The van der Waals surface area contributed by atoms with Gasteiger partial charge in [0.2, 0.25) is 0 Å². The fourth-order valence-corrected chi connectivity index (χ4v) is 2.22. The van der Waals surface area contributed by atoms with Crippen LogP contribution < -0.4 is 10.1 Å². The lowest BCUT2D eigenvalue weighted by molar-refractivity contribution is 0.415. The molecule has 0 heterocycles. The van der Waals surface area contributed by atoms with Crippen molar-refractivity contribution in [3.63, 3.8) is 0 Å². The van der Waals surface area contributed by atoms with Gasteiger partial charge in [0.25, 0.3) is 0 Å². The third kappa shape index (κ3) is 2.92. The second-order valence-corrected chi connectivity index (χ2v) is 4.51. The number of hydrogen-bond acceptors (Lipinski definition) is 3. The molecular weight excluding hydrogens is 248 g/mol. The van der Waals surface area contributed by atoms with E-state index < -0.39 is 0 Å². The molecule has 102 valence electrons. The maximum Gasteiger partial charge on any atom is 0.143 e. The van der Waals surface area contributed by atoms with Crippen molar-refractivity contribution < 1.29 is 4.74 Å². The SMILES string of the molecule is CCC(Nc1c(C#N)cccc1OC)c1ccccc1. The van der Waals surface area contributed by atoms with Crippen molar-refractivity contribution >= 4 is 5.69 Å². The molecule has 0 spiro atoms. The molecule has 0 saturated heterocycles. The van der Waals surface area contributed by atoms with Gasteiger partial charge in [0.1, 0.15) is 11.8 Å². The Morgan fingerprint density at radius 1 is 1.15 bits per heavy atom. The lowest BCUT2D eigenvalue weighted by Gasteiger charge is -2.21. The summed E-state index contributed by atoms with van der Waals surface area (Å²) >= 11 is 0. The summed E-state index contributed by atoms with van der Waals surface area (Å²) < 4.78 is 5.36. The number of anilines is 1. The molecule has 3 nitrogen and oxygen atoms in total. The van der Waals surface area contributed by atoms with Crippen LogP contribution in [-0.2, 0) is 0 Å². The first kappa shape index (κ1) is 14.0. The topological polar surface area (TPSA) is 45.0 Å². The quantitative estimate of drug-likeness (QED) is 0.885. The van der Waals surface area contributed by atoms with Crippen LogP contribution in [0.1, 0.15) is 30.5 Å². The molecule has 1 N–H and O–H groups in total. The van der Waals surface area contributed by atoms with Gasteiger partial charge >= 0.3 is 0 Å². The van der Waals surface area contributed by atoms with Gasteiger partial charge < -0.3 is 10.1 Å². The average molecular weight is 266 g/mol. The van der Waals surface area contributed by atoms with Crippen LogP contribution in [0.15, 0.2) is 48.5 Å². The van der Waals surface area contributed by atoms with Gasteiger partial charge in [-0.1, -0.05) is 43.3 Å². The molecule has 0 aliphatic rings. The van der Waals surface area contributed by atoms with Crippen molar-refractivity contribution in [2.24, 2.45) is 0 Å². The molecule has 1 atom stereocenters. The normalized spacial score (nSPS) is 11.4. The zero-order valence-corrected chi connectivity index (χ0v) is 11.8. The molecule has 0 aliphatic heterocycles. The molecule has 0 aliphatic carbocycles. The Labute approximate surface area is 119 Å². The third-order valence-corrected chi connectivity index (χ3v) is 3.30. The number of rotatable bonds is 5. The Hall–Kier alpha value is -2.47. The monoisotopic (exact) mass is 266 g/mol. The number of nitrogens with one attached hydrogen (secondary N) is 1. The number of nitriles is 1. The molecule has 2 aromatic rings. The molecule has 3 heteroatoms. The first-order valence-corrected chi connectivity index (χ1v) is 6.68. The highest BCUT2D eigenvalue weighted by Gasteiger charge is 2.14. The maximum absolute atomic E-state index is 9.25. The van der Waals surface area contributed by atoms with E-state index in [0.29, 0.717) is 11.3 Å². The summed E-state index contributed by atoms with van der Waals surface area (Å²) in [6.45, 7) is 2.12. The smallest absolute Gasteiger partial charge is 0.143 e. The van der Waals surface area contributed by atoms with Gasteiger partial charge in [0.05, 0.1) is 24.4 Å². The lowest BCUT2D eigenvalue weighted by atomic mass is 10.0. The minimum Gasteiger partial charge on any atom is -0.495 e. The highest BCUT2D eigenvalue weighted by atomic mass is 16.5. The van der Waals surface area contributed by atoms with Gasteiger partial charge in [0.15, 0.2) is 0 Å². The summed E-state index contributed by atoms with van der Waals surface area (Å²) in [7, 11) is 1.62. The Balaban J connectivity index is 2.35. The molecule has 0 radical (unpaired) electrons. The third-order valence-electron chi connectivity index (χ3n) is 3.30. The maximum atomic E-state index is 9.25. The molecule has 0 fully saturated rings. The second-order valence-electron chi connectivity index (χ2n) is 4.51. The minimum atomic E-state index is 0.152. The van der Waals surface area contributed by atoms with Crippen LogP contribution in [0.2, 0.25) is 0 Å². The van der Waals surface area contributed by atoms with E-state index in [-0.39, 0.29) is 6.04 Å². The van der Waals surface area contributed by atoms with Crippen molar-refractivity contribution in [1.29, 1.82) is 5.26 Å². The Bertz CT molecular complexity index is 602. The van der Waals surface area contributed by atoms with Crippen molar-refractivity contribution in [2.45, 2.75) is 19.4 Å². The van der Waals surface area contributed by atoms with Crippen LogP contribution in [-0.4, -0.2) is 7.11 Å². The summed E-state index contributed by atoms with van der Waals surface area (Å²) in [5.74, 6) is 0.693. The number of benzene rings is 2. The summed E-state index contributed by atoms with van der Waals surface area (Å²) in [6, 6.07) is 18.1. The molecule has 2 aromatic carbocycles. The first-order chi connectivity index (χ1) is 9.80. The predicted molar refractivity (Wildman–Crippen MR) is 80.8 cm³/mol. The number of hydrogen-bond donors (Lipinski definition) is 1. The zero-order chi connectivity index (χ0) is 14.4. The summed E-state index contributed by atoms with van der Waals surface area (Å²) in [4.78, 5) is 0. The largest absolute Gasteiger partial charge is 0.495 e. The standard InChI is InChI=1S/C17H18N2O/c1-3-15(13-8-5-4-6-9-13)19-17-14(12-18)10-7-11-16(17)20-2/h4-11,15,19H,3H2,1-2H3. The van der Waals surface area contributed by atoms with Gasteiger partial charge in [-0.15, -0.1) is 0 Å². The Morgan fingerprint density at radius 2 is 1.90 bits per heavy atom. The van der Waals surface area contributed by atoms with Gasteiger partial charge in [-0.2, -0.15) is 5.26 Å². The first-order valence-electron chi connectivity index (χ1n) is 6.68. The van der Waals surface area contributed by atoms with Crippen molar-refractivity contribution in [3.8, 4) is 11.8 Å². The van der Waals surface area contributed by atoms with Gasteiger partial charge in [0, 0.05) is 0 Å². The van der Waals surface area contributed by atoms with Gasteiger partial charge in [-0.05, 0) is 24.1 Å². The molecule has 0 amide bonds. The minimum absolute atomic E-state index is 0.152. The molecule has 2 rings (SSSR count). The Morgan fingerprint density at radius 3 is 2.50 bits per heavy atom. The van der Waals surface area contributed by atoms with Crippen molar-refractivity contribution in [3.05, 3.63) is 59.7 Å². The van der Waals surface area contributed by atoms with Gasteiger partial charge in [-0.25, -0.2) is 0 Å². The molecular formula is C17H18N2O. The van der Waals surface area contributed by atoms with Crippen LogP contribution in [0, 0.1) is 11.3 Å². The van der Waals surface area contributed by atoms with E-state index in [1.165, 1.54) is 5.56 Å². The van der Waals surface area contributed by atoms with Crippen molar-refractivity contribution in [2.75, 3.05) is 12.4 Å². The lowest BCUT2D eigenvalue weighted by Crippen LogP contribution is -2.11. The fourth-order valence-electron chi connectivity index (χ4n) is 2.22. The van der Waals surface area contributed by atoms with Crippen LogP contribution in [0.25, 0.3) is 0 Å². The van der Waals surface area contributed by atoms with Gasteiger partial charge in [-0.3, -0.25) is 0 Å². The summed E-state index contributed by atoms with van der Waals surface area (Å²) in [5, 5.41) is 12.7. The Kier molecular flexibility index (Phi) is 4.62. The van der Waals surface area contributed by atoms with Crippen molar-refractivity contribution in [1.82, 2.24) is 0 Å². The molecule has 0 saturated carbocycles. The fraction of sp³-hybridized carbons (Fsp3) is 0.235. The number of ether oxygens (including phenoxy) is 1. The zero-order valence-electron chi connectivity index (χ0n) is 11.8. The highest BCUT2D eigenvalue weighted by molar-refractivity contribution is 5.67. The molecule has 0 aromatic heterocycles. The predicted octanol–water partition coefficient (Wildman–Crippen LogP) is 4.13. The van der Waals surface area contributed by atoms with E-state index in [2.05, 4.69) is 30.4 Å². The van der Waals surface area contributed by atoms with Crippen LogP contribution in [0.5, 0.6) is 5.75 Å². The van der Waals surface area contributed by atoms with E-state index in [1.807, 2.05) is 30.3 Å². The molecule has 20 heavy (non-hydrogen) atoms. The molecule has 1 unspecified atom stereocenters. The van der Waals surface area contributed by atoms with E-state index >= 15 is 0 Å². The summed E-state index contributed by atoms with van der Waals surface area (Å²) in [6.07, 6.45) is 0.924. The summed E-state index contributed by atoms with van der Waals surface area (Å²) in [5.41, 5.74) is 2.55. The van der Waals surface area contributed by atoms with E-state index in [4.69, 9.17) is 4.74 Å². The molecule has 0 bridgehead atoms. The van der Waals surface area contributed by atoms with Crippen LogP contribution in [0.4, 0.5) is 5.69 Å². The highest BCUT2D eigenvalue weighted by Crippen LogP contribution is 2.32. The van der Waals surface area contributed by atoms with E-state index in [1.54, 1.807) is 13.2 Å². The van der Waals surface area contributed by atoms with E-state index in [9.17, 15) is 5.26 Å². The van der Waals surface area contributed by atoms with E-state index in [0.717, 1.165) is 12.1 Å². The number of para-hydroxylation sites is 1. The number of nitrogens with zero attached hydrogens (tertiary/aromatic N) is 1. The van der Waals surface area contributed by atoms with Crippen LogP contribution in [0.3, 0.4) is 0 Å². The van der Waals surface area contributed by atoms with Crippen LogP contribution >= 0.6 is 0 Å². The second kappa shape index (κ2) is 6.63. The average Bonchev–Trinajstić information content (AvgIpc) is 2.53.